The quantitative estimate of drug-likeness (QED) is 0.622. The van der Waals surface area contributed by atoms with Gasteiger partial charge in [0.1, 0.15) is 11.3 Å². The van der Waals surface area contributed by atoms with Gasteiger partial charge in [0, 0.05) is 23.0 Å². The molecule has 2 atom stereocenters. The maximum Gasteiger partial charge on any atom is 0.573 e. The van der Waals surface area contributed by atoms with Crippen LogP contribution in [0.3, 0.4) is 0 Å². The Morgan fingerprint density at radius 3 is 2.27 bits per heavy atom. The van der Waals surface area contributed by atoms with Crippen molar-refractivity contribution >= 4 is 46.7 Å². The minimum absolute atomic E-state index is 0.0293. The average Bonchev–Trinajstić information content (AvgIpc) is 3.16. The Labute approximate surface area is 195 Å². The van der Waals surface area contributed by atoms with Crippen LogP contribution in [0.4, 0.5) is 23.7 Å². The zero-order valence-corrected chi connectivity index (χ0v) is 18.2. The maximum absolute atomic E-state index is 13.6. The lowest BCUT2D eigenvalue weighted by Crippen LogP contribution is -2.47. The van der Waals surface area contributed by atoms with E-state index >= 15 is 0 Å². The van der Waals surface area contributed by atoms with Crippen LogP contribution in [0, 0.1) is 5.92 Å². The van der Waals surface area contributed by atoms with Gasteiger partial charge in [-0.15, -0.1) is 13.2 Å². The maximum atomic E-state index is 13.6. The second-order valence-corrected chi connectivity index (χ2v) is 8.74. The van der Waals surface area contributed by atoms with Crippen LogP contribution in [0.15, 0.2) is 42.5 Å². The number of alkyl halides is 3. The summed E-state index contributed by atoms with van der Waals surface area (Å²) in [7, 11) is 0. The average molecular weight is 502 g/mol. The number of amides is 4. The van der Waals surface area contributed by atoms with Crippen LogP contribution in [-0.2, 0) is 16.0 Å². The first-order valence-electron chi connectivity index (χ1n) is 9.66. The highest BCUT2D eigenvalue weighted by Crippen LogP contribution is 2.45. The van der Waals surface area contributed by atoms with Crippen LogP contribution in [0.5, 0.6) is 5.75 Å². The Hall–Kier alpha value is -2.98. The monoisotopic (exact) mass is 501 g/mol. The number of benzene rings is 2. The van der Waals surface area contributed by atoms with E-state index in [4.69, 9.17) is 28.9 Å². The molecule has 4 rings (SSSR count). The summed E-state index contributed by atoms with van der Waals surface area (Å²) in [5.74, 6) is -2.44. The number of hydrogen-bond acceptors (Lipinski definition) is 4. The summed E-state index contributed by atoms with van der Waals surface area (Å²) in [4.78, 5) is 40.9. The van der Waals surface area contributed by atoms with Crippen molar-refractivity contribution in [2.24, 2.45) is 11.7 Å². The lowest BCUT2D eigenvalue weighted by Gasteiger charge is -2.28. The smallest absolute Gasteiger partial charge is 0.406 e. The number of primary amides is 1. The minimum Gasteiger partial charge on any atom is -0.406 e. The molecular formula is C21H16Cl2F3N3O4. The zero-order valence-electron chi connectivity index (χ0n) is 16.7. The van der Waals surface area contributed by atoms with Gasteiger partial charge in [0.15, 0.2) is 0 Å². The van der Waals surface area contributed by atoms with Crippen LogP contribution in [0.1, 0.15) is 12.0 Å². The number of nitrogens with zero attached hydrogens (tertiary/aromatic N) is 2. The summed E-state index contributed by atoms with van der Waals surface area (Å²) in [6.45, 7) is -0.0695. The molecule has 2 aliphatic rings. The van der Waals surface area contributed by atoms with Gasteiger partial charge in [-0.05, 0) is 42.3 Å². The summed E-state index contributed by atoms with van der Waals surface area (Å²) in [5, 5.41) is 0.434. The van der Waals surface area contributed by atoms with E-state index in [-0.39, 0.29) is 35.1 Å². The number of anilines is 1. The van der Waals surface area contributed by atoms with Crippen molar-refractivity contribution in [2.75, 3.05) is 11.4 Å². The topological polar surface area (TPSA) is 92.9 Å². The molecule has 2 aromatic rings. The van der Waals surface area contributed by atoms with Crippen LogP contribution in [0.2, 0.25) is 10.0 Å². The lowest BCUT2D eigenvalue weighted by molar-refractivity contribution is -0.274. The molecule has 174 valence electrons. The summed E-state index contributed by atoms with van der Waals surface area (Å²) in [5.41, 5.74) is 4.63. The summed E-state index contributed by atoms with van der Waals surface area (Å²) < 4.78 is 41.2. The number of ether oxygens (including phenoxy) is 1. The SMILES string of the molecule is NC(=O)[C@H]1CN2C(=O)N(c3cc(Cl)cc(Cl)c3)C(=O)C2(Cc2ccc(OC(F)(F)F)cc2)C1. The molecule has 0 aromatic heterocycles. The standard InChI is InChI=1S/C21H16Cl2F3N3O4/c22-13-5-14(23)7-15(6-13)29-18(31)20(9-12(17(27)30)10-28(20)19(29)32)8-11-1-3-16(4-2-11)33-21(24,25)26/h1-7,12H,8-10H2,(H2,27,30)/t12-,20?/m1/s1. The molecule has 33 heavy (non-hydrogen) atoms. The third kappa shape index (κ3) is 4.32. The van der Waals surface area contributed by atoms with Crippen molar-refractivity contribution in [1.29, 1.82) is 0 Å². The zero-order chi connectivity index (χ0) is 24.1. The van der Waals surface area contributed by atoms with Gasteiger partial charge in [0.2, 0.25) is 5.91 Å². The lowest BCUT2D eigenvalue weighted by atomic mass is 9.85. The molecule has 0 radical (unpaired) electrons. The molecule has 0 bridgehead atoms. The molecule has 7 nitrogen and oxygen atoms in total. The van der Waals surface area contributed by atoms with Crippen LogP contribution < -0.4 is 15.4 Å². The molecule has 1 unspecified atom stereocenters. The fourth-order valence-electron chi connectivity index (χ4n) is 4.33. The molecule has 2 fully saturated rings. The number of carbonyl (C=O) groups is 3. The first kappa shape index (κ1) is 23.2. The van der Waals surface area contributed by atoms with Gasteiger partial charge >= 0.3 is 12.4 Å². The van der Waals surface area contributed by atoms with E-state index in [1.165, 1.54) is 35.2 Å². The number of rotatable bonds is 5. The van der Waals surface area contributed by atoms with Gasteiger partial charge in [-0.25, -0.2) is 9.69 Å². The van der Waals surface area contributed by atoms with Crippen molar-refractivity contribution in [3.05, 3.63) is 58.1 Å². The van der Waals surface area contributed by atoms with Gasteiger partial charge < -0.3 is 15.4 Å². The molecule has 2 saturated heterocycles. The second-order valence-electron chi connectivity index (χ2n) is 7.86. The van der Waals surface area contributed by atoms with E-state index in [1.807, 2.05) is 0 Å². The van der Waals surface area contributed by atoms with E-state index in [1.54, 1.807) is 0 Å². The van der Waals surface area contributed by atoms with Gasteiger partial charge in [-0.2, -0.15) is 0 Å². The fourth-order valence-corrected chi connectivity index (χ4v) is 4.85. The highest BCUT2D eigenvalue weighted by Gasteiger charge is 2.63. The summed E-state index contributed by atoms with van der Waals surface area (Å²) in [6.07, 6.45) is -4.92. The third-order valence-corrected chi connectivity index (χ3v) is 6.12. The first-order chi connectivity index (χ1) is 15.4. The van der Waals surface area contributed by atoms with Crippen molar-refractivity contribution < 1.29 is 32.3 Å². The number of halogens is 5. The van der Waals surface area contributed by atoms with E-state index in [9.17, 15) is 27.6 Å². The fraction of sp³-hybridized carbons (Fsp3) is 0.286. The summed E-state index contributed by atoms with van der Waals surface area (Å²) >= 11 is 12.1. The Balaban J connectivity index is 1.70. The molecule has 4 amide bonds. The Morgan fingerprint density at radius 1 is 1.12 bits per heavy atom. The van der Waals surface area contributed by atoms with Crippen molar-refractivity contribution in [3.8, 4) is 5.75 Å². The van der Waals surface area contributed by atoms with E-state index in [2.05, 4.69) is 4.74 Å². The van der Waals surface area contributed by atoms with Gasteiger partial charge in [0.25, 0.3) is 5.91 Å². The van der Waals surface area contributed by atoms with E-state index < -0.39 is 41.4 Å². The number of urea groups is 1. The van der Waals surface area contributed by atoms with E-state index in [0.717, 1.165) is 17.0 Å². The van der Waals surface area contributed by atoms with Gasteiger partial charge in [0.05, 0.1) is 11.6 Å². The van der Waals surface area contributed by atoms with Gasteiger partial charge in [-0.3, -0.25) is 9.59 Å². The van der Waals surface area contributed by atoms with Crippen LogP contribution in [0.25, 0.3) is 0 Å². The number of nitrogens with two attached hydrogens (primary N) is 1. The molecule has 0 aliphatic carbocycles. The molecule has 2 N–H and O–H groups in total. The number of hydrogen-bond donors (Lipinski definition) is 1. The predicted octanol–water partition coefficient (Wildman–Crippen LogP) is 4.15. The first-order valence-corrected chi connectivity index (χ1v) is 10.4. The van der Waals surface area contributed by atoms with Gasteiger partial charge in [-0.1, -0.05) is 35.3 Å². The molecule has 2 aliphatic heterocycles. The van der Waals surface area contributed by atoms with Crippen molar-refractivity contribution in [1.82, 2.24) is 4.90 Å². The highest BCUT2D eigenvalue weighted by molar-refractivity contribution is 6.35. The number of imide groups is 1. The molecule has 0 spiro atoms. The Bertz CT molecular complexity index is 1120. The predicted molar refractivity (Wildman–Crippen MR) is 113 cm³/mol. The molecule has 12 heteroatoms. The van der Waals surface area contributed by atoms with Crippen LogP contribution in [-0.4, -0.2) is 41.2 Å². The van der Waals surface area contributed by atoms with Crippen molar-refractivity contribution in [3.63, 3.8) is 0 Å². The Kier molecular flexibility index (Phi) is 5.69. The number of fused-ring (bicyclic) bond motifs is 1. The van der Waals surface area contributed by atoms with E-state index in [0.29, 0.717) is 5.56 Å². The molecular weight excluding hydrogens is 486 g/mol. The molecule has 0 saturated carbocycles. The highest BCUT2D eigenvalue weighted by atomic mass is 35.5. The van der Waals surface area contributed by atoms with Crippen LogP contribution >= 0.6 is 23.2 Å². The normalized spacial score (nSPS) is 22.6. The molecule has 2 heterocycles. The number of carbonyl (C=O) groups excluding carboxylic acids is 3. The minimum atomic E-state index is -4.84. The largest absolute Gasteiger partial charge is 0.573 e. The third-order valence-electron chi connectivity index (χ3n) is 5.69. The molecule has 2 aromatic carbocycles. The Morgan fingerprint density at radius 2 is 1.73 bits per heavy atom. The summed E-state index contributed by atoms with van der Waals surface area (Å²) in [6, 6.07) is 8.55. The second kappa shape index (κ2) is 8.11. The van der Waals surface area contributed by atoms with Crippen molar-refractivity contribution in [2.45, 2.75) is 24.7 Å².